The molecule has 0 aliphatic rings. The number of rotatable bonds is 8. The van der Waals surface area contributed by atoms with E-state index in [1.54, 1.807) is 24.3 Å². The van der Waals surface area contributed by atoms with E-state index in [0.717, 1.165) is 4.47 Å². The molecule has 11 heteroatoms. The van der Waals surface area contributed by atoms with E-state index in [9.17, 15) is 14.0 Å². The second-order valence-corrected chi connectivity index (χ2v) is 9.13. The Bertz CT molecular complexity index is 1570. The summed E-state index contributed by atoms with van der Waals surface area (Å²) in [6.07, 6.45) is 1.85. The van der Waals surface area contributed by atoms with Crippen LogP contribution in [0.3, 0.4) is 0 Å². The molecule has 4 rings (SSSR count). The van der Waals surface area contributed by atoms with Crippen molar-refractivity contribution in [1.82, 2.24) is 9.66 Å². The van der Waals surface area contributed by atoms with Crippen molar-refractivity contribution in [2.45, 2.75) is 13.3 Å². The number of ether oxygens (including phenoxy) is 2. The molecule has 0 fully saturated rings. The Hall–Kier alpha value is -3.76. The first-order valence-corrected chi connectivity index (χ1v) is 12.3. The van der Waals surface area contributed by atoms with Crippen molar-refractivity contribution < 1.29 is 18.7 Å². The highest BCUT2D eigenvalue weighted by Crippen LogP contribution is 2.34. The summed E-state index contributed by atoms with van der Waals surface area (Å²) in [6, 6.07) is 13.9. The van der Waals surface area contributed by atoms with Gasteiger partial charge in [-0.05, 0) is 42.5 Å². The standard InChI is InChI=1S/C26H21BrClFN4O4/c1-3-23-32-21-8-7-16(27)10-20(21)26(35)33(23)30-13-15-9-17(28)11-22(36-2)25(15)37-14-24(34)31-19-6-4-5-18(29)12-19/h4-13H,3,14H2,1-2H3,(H,31,34). The largest absolute Gasteiger partial charge is 0.493 e. The SMILES string of the molecule is CCc1nc2ccc(Br)cc2c(=O)n1N=Cc1cc(Cl)cc(OC)c1OCC(=O)Nc1cccc(F)c1. The monoisotopic (exact) mass is 586 g/mol. The number of hydrogen-bond acceptors (Lipinski definition) is 6. The van der Waals surface area contributed by atoms with Crippen LogP contribution in [-0.4, -0.2) is 35.5 Å². The fraction of sp³-hybridized carbons (Fsp3) is 0.154. The Morgan fingerprint density at radius 2 is 2.05 bits per heavy atom. The van der Waals surface area contributed by atoms with E-state index >= 15 is 0 Å². The molecular weight excluding hydrogens is 567 g/mol. The molecule has 3 aromatic carbocycles. The maximum Gasteiger partial charge on any atom is 0.282 e. The lowest BCUT2D eigenvalue weighted by molar-refractivity contribution is -0.118. The zero-order valence-corrected chi connectivity index (χ0v) is 22.1. The highest BCUT2D eigenvalue weighted by molar-refractivity contribution is 9.10. The summed E-state index contributed by atoms with van der Waals surface area (Å²) >= 11 is 9.63. The van der Waals surface area contributed by atoms with Gasteiger partial charge in [-0.3, -0.25) is 9.59 Å². The smallest absolute Gasteiger partial charge is 0.282 e. The zero-order chi connectivity index (χ0) is 26.5. The van der Waals surface area contributed by atoms with E-state index in [0.29, 0.717) is 39.4 Å². The Balaban J connectivity index is 1.67. The van der Waals surface area contributed by atoms with Crippen LogP contribution in [0.15, 0.2) is 69.0 Å². The number of anilines is 1. The molecule has 0 saturated heterocycles. The Morgan fingerprint density at radius 1 is 1.24 bits per heavy atom. The van der Waals surface area contributed by atoms with E-state index < -0.39 is 18.3 Å². The van der Waals surface area contributed by atoms with Gasteiger partial charge in [-0.15, -0.1) is 0 Å². The molecule has 1 amide bonds. The van der Waals surface area contributed by atoms with E-state index in [-0.39, 0.29) is 17.1 Å². The number of nitrogens with one attached hydrogen (secondary N) is 1. The minimum atomic E-state index is -0.515. The molecule has 0 aliphatic heterocycles. The van der Waals surface area contributed by atoms with Gasteiger partial charge in [-0.2, -0.15) is 9.78 Å². The van der Waals surface area contributed by atoms with Gasteiger partial charge in [-0.1, -0.05) is 40.5 Å². The molecule has 0 saturated carbocycles. The molecule has 1 aromatic heterocycles. The quantitative estimate of drug-likeness (QED) is 0.278. The number of halogens is 3. The topological polar surface area (TPSA) is 94.8 Å². The summed E-state index contributed by atoms with van der Waals surface area (Å²) in [5.74, 6) is -0.0844. The maximum absolute atomic E-state index is 13.4. The van der Waals surface area contributed by atoms with Gasteiger partial charge in [0.25, 0.3) is 11.5 Å². The van der Waals surface area contributed by atoms with Gasteiger partial charge in [0.1, 0.15) is 11.6 Å². The average Bonchev–Trinajstić information content (AvgIpc) is 2.87. The lowest BCUT2D eigenvalue weighted by Gasteiger charge is -2.14. The van der Waals surface area contributed by atoms with Crippen molar-refractivity contribution in [3.8, 4) is 11.5 Å². The van der Waals surface area contributed by atoms with E-state index in [4.69, 9.17) is 21.1 Å². The third-order valence-corrected chi connectivity index (χ3v) is 5.94. The number of carbonyl (C=O) groups is 1. The van der Waals surface area contributed by atoms with E-state index in [1.165, 1.54) is 42.3 Å². The molecule has 1 heterocycles. The second kappa shape index (κ2) is 11.5. The lowest BCUT2D eigenvalue weighted by Crippen LogP contribution is -2.22. The normalized spacial score (nSPS) is 11.2. The third kappa shape index (κ3) is 6.15. The van der Waals surface area contributed by atoms with Crippen LogP contribution in [0.2, 0.25) is 5.02 Å². The highest BCUT2D eigenvalue weighted by Gasteiger charge is 2.15. The molecule has 0 aliphatic carbocycles. The molecule has 190 valence electrons. The molecular formula is C26H21BrClFN4O4. The number of nitrogens with zero attached hydrogens (tertiary/aromatic N) is 3. The zero-order valence-electron chi connectivity index (χ0n) is 19.8. The van der Waals surface area contributed by atoms with E-state index in [1.807, 2.05) is 13.0 Å². The summed E-state index contributed by atoms with van der Waals surface area (Å²) in [5, 5.41) is 7.67. The van der Waals surface area contributed by atoms with Gasteiger partial charge in [0.2, 0.25) is 0 Å². The Labute approximate surface area is 224 Å². The summed E-state index contributed by atoms with van der Waals surface area (Å²) in [5.41, 5.74) is 0.881. The maximum atomic E-state index is 13.4. The van der Waals surface area contributed by atoms with Gasteiger partial charge in [0.05, 0.1) is 24.2 Å². The van der Waals surface area contributed by atoms with Crippen LogP contribution in [0.25, 0.3) is 10.9 Å². The number of fused-ring (bicyclic) bond motifs is 1. The van der Waals surface area contributed by atoms with E-state index in [2.05, 4.69) is 31.3 Å². The van der Waals surface area contributed by atoms with Crippen molar-refractivity contribution >= 4 is 56.2 Å². The number of aromatic nitrogens is 2. The summed E-state index contributed by atoms with van der Waals surface area (Å²) in [6.45, 7) is 1.47. The number of carbonyl (C=O) groups excluding carboxylic acids is 1. The summed E-state index contributed by atoms with van der Waals surface area (Å²) in [7, 11) is 1.43. The van der Waals surface area contributed by atoms with Crippen molar-refractivity contribution in [2.24, 2.45) is 5.10 Å². The molecule has 0 spiro atoms. The van der Waals surface area contributed by atoms with Crippen molar-refractivity contribution in [3.63, 3.8) is 0 Å². The van der Waals surface area contributed by atoms with Gasteiger partial charge in [0, 0.05) is 33.2 Å². The van der Waals surface area contributed by atoms with Crippen LogP contribution in [0.4, 0.5) is 10.1 Å². The van der Waals surface area contributed by atoms with Crippen molar-refractivity contribution in [3.05, 3.63) is 91.7 Å². The first kappa shape index (κ1) is 26.3. The third-order valence-electron chi connectivity index (χ3n) is 5.23. The minimum Gasteiger partial charge on any atom is -0.493 e. The molecule has 0 unspecified atom stereocenters. The van der Waals surface area contributed by atoms with Crippen LogP contribution >= 0.6 is 27.5 Å². The molecule has 0 bridgehead atoms. The molecule has 8 nitrogen and oxygen atoms in total. The molecule has 4 aromatic rings. The van der Waals surface area contributed by atoms with Crippen LogP contribution in [-0.2, 0) is 11.2 Å². The Morgan fingerprint density at radius 3 is 2.78 bits per heavy atom. The van der Waals surface area contributed by atoms with Crippen molar-refractivity contribution in [1.29, 1.82) is 0 Å². The number of methoxy groups -OCH3 is 1. The summed E-state index contributed by atoms with van der Waals surface area (Å²) < 4.78 is 26.5. The highest BCUT2D eigenvalue weighted by atomic mass is 79.9. The first-order chi connectivity index (χ1) is 17.8. The van der Waals surface area contributed by atoms with Crippen molar-refractivity contribution in [2.75, 3.05) is 19.0 Å². The average molecular weight is 588 g/mol. The number of aryl methyl sites for hydroxylation is 1. The molecule has 37 heavy (non-hydrogen) atoms. The number of hydrogen-bond donors (Lipinski definition) is 1. The van der Waals surface area contributed by atoms with Gasteiger partial charge >= 0.3 is 0 Å². The number of benzene rings is 3. The minimum absolute atomic E-state index is 0.188. The van der Waals surface area contributed by atoms with Gasteiger partial charge < -0.3 is 14.8 Å². The van der Waals surface area contributed by atoms with Crippen LogP contribution in [0, 0.1) is 5.82 Å². The Kier molecular flexibility index (Phi) is 8.20. The van der Waals surface area contributed by atoms with Gasteiger partial charge in [-0.25, -0.2) is 9.37 Å². The second-order valence-electron chi connectivity index (χ2n) is 7.78. The predicted octanol–water partition coefficient (Wildman–Crippen LogP) is 5.42. The van der Waals surface area contributed by atoms with Crippen LogP contribution in [0.1, 0.15) is 18.3 Å². The fourth-order valence-electron chi connectivity index (χ4n) is 3.55. The summed E-state index contributed by atoms with van der Waals surface area (Å²) in [4.78, 5) is 30.2. The van der Waals surface area contributed by atoms with Crippen LogP contribution in [0.5, 0.6) is 11.5 Å². The predicted molar refractivity (Wildman–Crippen MR) is 145 cm³/mol. The fourth-order valence-corrected chi connectivity index (χ4v) is 4.13. The van der Waals surface area contributed by atoms with Crippen LogP contribution < -0.4 is 20.3 Å². The molecule has 0 atom stereocenters. The van der Waals surface area contributed by atoms with Gasteiger partial charge in [0.15, 0.2) is 18.1 Å². The lowest BCUT2D eigenvalue weighted by atomic mass is 10.2. The molecule has 0 radical (unpaired) electrons. The number of amides is 1. The first-order valence-electron chi connectivity index (χ1n) is 11.1. The molecule has 1 N–H and O–H groups in total.